The molecule has 1 spiro atoms. The maximum Gasteiger partial charge on any atom is 0.222 e. The molecule has 0 bridgehead atoms. The Kier molecular flexibility index (Phi) is 5.06. The Morgan fingerprint density at radius 1 is 0.920 bits per heavy atom. The van der Waals surface area contributed by atoms with Crippen molar-refractivity contribution in [3.63, 3.8) is 0 Å². The fourth-order valence-corrected chi connectivity index (χ4v) is 5.28. The largest absolute Gasteiger partial charge is 0.343 e. The summed E-state index contributed by atoms with van der Waals surface area (Å²) < 4.78 is 0. The van der Waals surface area contributed by atoms with Gasteiger partial charge in [0.15, 0.2) is 0 Å². The number of nitrogens with zero attached hydrogens (tertiary/aromatic N) is 2. The average Bonchev–Trinajstić information content (AvgIpc) is 3.33. The van der Waals surface area contributed by atoms with Crippen LogP contribution in [0.3, 0.4) is 0 Å². The van der Waals surface area contributed by atoms with Gasteiger partial charge < -0.3 is 9.80 Å². The number of hydrogen-bond acceptors (Lipinski definition) is 2. The molecule has 2 saturated heterocycles. The van der Waals surface area contributed by atoms with Crippen molar-refractivity contribution in [2.45, 2.75) is 77.0 Å². The lowest BCUT2D eigenvalue weighted by molar-refractivity contribution is -0.135. The highest BCUT2D eigenvalue weighted by molar-refractivity contribution is 5.77. The van der Waals surface area contributed by atoms with Gasteiger partial charge in [0, 0.05) is 39.0 Å². The minimum Gasteiger partial charge on any atom is -0.343 e. The topological polar surface area (TPSA) is 40.6 Å². The van der Waals surface area contributed by atoms with Gasteiger partial charge in [-0.05, 0) is 68.6 Å². The van der Waals surface area contributed by atoms with Crippen LogP contribution in [-0.2, 0) is 9.59 Å². The van der Waals surface area contributed by atoms with Crippen LogP contribution in [0.5, 0.6) is 0 Å². The van der Waals surface area contributed by atoms with Gasteiger partial charge in [-0.25, -0.2) is 0 Å². The summed E-state index contributed by atoms with van der Waals surface area (Å²) in [5.74, 6) is 2.20. The number of carbonyl (C=O) groups excluding carboxylic acids is 2. The van der Waals surface area contributed by atoms with E-state index in [-0.39, 0.29) is 0 Å². The number of carbonyl (C=O) groups is 2. The monoisotopic (exact) mass is 346 g/mol. The molecule has 2 heterocycles. The Morgan fingerprint density at radius 3 is 2.28 bits per heavy atom. The van der Waals surface area contributed by atoms with E-state index in [0.29, 0.717) is 23.1 Å². The maximum absolute atomic E-state index is 12.6. The summed E-state index contributed by atoms with van der Waals surface area (Å²) in [7, 11) is 0. The lowest BCUT2D eigenvalue weighted by atomic mass is 9.73. The van der Waals surface area contributed by atoms with Crippen LogP contribution in [0, 0.1) is 17.3 Å². The lowest BCUT2D eigenvalue weighted by Crippen LogP contribution is -2.44. The molecule has 4 aliphatic rings. The van der Waals surface area contributed by atoms with Crippen molar-refractivity contribution in [1.82, 2.24) is 9.80 Å². The van der Waals surface area contributed by atoms with Gasteiger partial charge in [0.1, 0.15) is 0 Å². The van der Waals surface area contributed by atoms with E-state index in [2.05, 4.69) is 9.80 Å². The van der Waals surface area contributed by atoms with Crippen molar-refractivity contribution in [1.29, 1.82) is 0 Å². The average molecular weight is 347 g/mol. The molecule has 0 N–H and O–H groups in total. The summed E-state index contributed by atoms with van der Waals surface area (Å²) in [4.78, 5) is 29.3. The van der Waals surface area contributed by atoms with Crippen LogP contribution in [0.25, 0.3) is 0 Å². The van der Waals surface area contributed by atoms with Gasteiger partial charge in [-0.2, -0.15) is 0 Å². The molecule has 25 heavy (non-hydrogen) atoms. The zero-order valence-electron chi connectivity index (χ0n) is 15.7. The number of likely N-dealkylation sites (tertiary alicyclic amines) is 2. The quantitative estimate of drug-likeness (QED) is 0.780. The lowest BCUT2D eigenvalue weighted by Gasteiger charge is -2.41. The van der Waals surface area contributed by atoms with E-state index in [4.69, 9.17) is 0 Å². The van der Waals surface area contributed by atoms with Crippen molar-refractivity contribution >= 4 is 11.8 Å². The second kappa shape index (κ2) is 7.28. The van der Waals surface area contributed by atoms with Gasteiger partial charge in [0.25, 0.3) is 0 Å². The first-order chi connectivity index (χ1) is 12.1. The van der Waals surface area contributed by atoms with E-state index >= 15 is 0 Å². The minimum atomic E-state index is 0.318. The summed E-state index contributed by atoms with van der Waals surface area (Å²) in [6.07, 6.45) is 13.7. The van der Waals surface area contributed by atoms with Gasteiger partial charge in [0.05, 0.1) is 0 Å². The summed E-state index contributed by atoms with van der Waals surface area (Å²) >= 11 is 0. The molecule has 2 aliphatic heterocycles. The van der Waals surface area contributed by atoms with Crippen LogP contribution in [0.1, 0.15) is 77.0 Å². The molecular weight excluding hydrogens is 312 g/mol. The smallest absolute Gasteiger partial charge is 0.222 e. The molecule has 0 aromatic heterocycles. The zero-order valence-corrected chi connectivity index (χ0v) is 15.7. The van der Waals surface area contributed by atoms with Crippen molar-refractivity contribution in [2.24, 2.45) is 17.3 Å². The van der Waals surface area contributed by atoms with Crippen LogP contribution in [0.15, 0.2) is 0 Å². The molecule has 4 rings (SSSR count). The van der Waals surface area contributed by atoms with Crippen LogP contribution in [-0.4, -0.2) is 47.8 Å². The fraction of sp³-hybridized carbons (Fsp3) is 0.905. The Hall–Kier alpha value is -1.06. The highest BCUT2D eigenvalue weighted by Crippen LogP contribution is 2.42. The molecule has 2 amide bonds. The minimum absolute atomic E-state index is 0.318. The highest BCUT2D eigenvalue weighted by atomic mass is 16.2. The van der Waals surface area contributed by atoms with Crippen LogP contribution >= 0.6 is 0 Å². The Labute approximate surface area is 152 Å². The normalized spacial score (nSPS) is 27.8. The molecule has 0 atom stereocenters. The number of amides is 2. The molecular formula is C21H34N2O2. The predicted molar refractivity (Wildman–Crippen MR) is 98.0 cm³/mol. The third-order valence-electron chi connectivity index (χ3n) is 7.42. The third kappa shape index (κ3) is 4.20. The molecule has 0 radical (unpaired) electrons. The van der Waals surface area contributed by atoms with Gasteiger partial charge in [-0.1, -0.05) is 12.8 Å². The Balaban J connectivity index is 1.28. The standard InChI is InChI=1S/C21H34N2O2/c24-19-7-8-21(11-14-23(19)16-18-5-6-18)9-12-22(13-10-21)20(25)15-17-3-1-2-4-17/h17-18H,1-16H2. The number of rotatable bonds is 4. The van der Waals surface area contributed by atoms with Gasteiger partial charge in [-0.3, -0.25) is 9.59 Å². The first-order valence-corrected chi connectivity index (χ1v) is 10.7. The second-order valence-electron chi connectivity index (χ2n) is 9.27. The Bertz CT molecular complexity index is 500. The fourth-order valence-electron chi connectivity index (χ4n) is 5.28. The summed E-state index contributed by atoms with van der Waals surface area (Å²) in [5, 5.41) is 0. The van der Waals surface area contributed by atoms with E-state index in [1.165, 1.54) is 38.5 Å². The van der Waals surface area contributed by atoms with E-state index in [1.54, 1.807) is 0 Å². The van der Waals surface area contributed by atoms with Crippen molar-refractivity contribution in [3.05, 3.63) is 0 Å². The maximum atomic E-state index is 12.6. The van der Waals surface area contributed by atoms with E-state index in [1.807, 2.05) is 0 Å². The molecule has 0 aromatic carbocycles. The van der Waals surface area contributed by atoms with Crippen LogP contribution < -0.4 is 0 Å². The van der Waals surface area contributed by atoms with E-state index in [0.717, 1.165) is 70.6 Å². The highest BCUT2D eigenvalue weighted by Gasteiger charge is 2.39. The van der Waals surface area contributed by atoms with Gasteiger partial charge in [-0.15, -0.1) is 0 Å². The van der Waals surface area contributed by atoms with Crippen molar-refractivity contribution in [2.75, 3.05) is 26.2 Å². The molecule has 2 saturated carbocycles. The van der Waals surface area contributed by atoms with Crippen LogP contribution in [0.4, 0.5) is 0 Å². The summed E-state index contributed by atoms with van der Waals surface area (Å²) in [6.45, 7) is 3.79. The van der Waals surface area contributed by atoms with Gasteiger partial charge >= 0.3 is 0 Å². The first-order valence-electron chi connectivity index (χ1n) is 10.7. The zero-order chi connectivity index (χ0) is 17.3. The Morgan fingerprint density at radius 2 is 1.60 bits per heavy atom. The first kappa shape index (κ1) is 17.4. The predicted octanol–water partition coefficient (Wildman–Crippen LogP) is 3.60. The van der Waals surface area contributed by atoms with Crippen molar-refractivity contribution in [3.8, 4) is 0 Å². The van der Waals surface area contributed by atoms with E-state index in [9.17, 15) is 9.59 Å². The third-order valence-corrected chi connectivity index (χ3v) is 7.42. The van der Waals surface area contributed by atoms with Gasteiger partial charge in [0.2, 0.25) is 11.8 Å². The number of piperidine rings is 1. The van der Waals surface area contributed by atoms with E-state index < -0.39 is 0 Å². The summed E-state index contributed by atoms with van der Waals surface area (Å²) in [5.41, 5.74) is 0.318. The molecule has 4 nitrogen and oxygen atoms in total. The SMILES string of the molecule is O=C(CC1CCCC1)N1CCC2(CCC(=O)N(CC3CC3)CC2)CC1. The molecule has 140 valence electrons. The molecule has 0 aromatic rings. The summed E-state index contributed by atoms with van der Waals surface area (Å²) in [6, 6.07) is 0. The molecule has 2 aliphatic carbocycles. The van der Waals surface area contributed by atoms with Crippen LogP contribution in [0.2, 0.25) is 0 Å². The molecule has 0 unspecified atom stereocenters. The van der Waals surface area contributed by atoms with Crippen molar-refractivity contribution < 1.29 is 9.59 Å². The number of hydrogen-bond donors (Lipinski definition) is 0. The molecule has 4 fully saturated rings. The molecule has 4 heteroatoms. The second-order valence-corrected chi connectivity index (χ2v) is 9.27.